The van der Waals surface area contributed by atoms with Gasteiger partial charge in [-0.2, -0.15) is 0 Å². The molecule has 0 amide bonds. The van der Waals surface area contributed by atoms with Gasteiger partial charge in [0.1, 0.15) is 0 Å². The number of aliphatic hydroxyl groups excluding tert-OH is 1. The zero-order valence-electron chi connectivity index (χ0n) is 15.3. The number of unbranched alkanes of at least 4 members (excludes halogenated alkanes) is 10. The molecule has 0 aliphatic heterocycles. The summed E-state index contributed by atoms with van der Waals surface area (Å²) in [5.41, 5.74) is 0. The minimum atomic E-state index is -4.15. The van der Waals surface area contributed by atoms with Crippen molar-refractivity contribution < 1.29 is 69.5 Å². The molecule has 0 saturated heterocycles. The van der Waals surface area contributed by atoms with Crippen molar-refractivity contribution in [2.24, 2.45) is 0 Å². The molecule has 4 nitrogen and oxygen atoms in total. The fourth-order valence-electron chi connectivity index (χ4n) is 2.78. The Morgan fingerprint density at radius 1 is 0.783 bits per heavy atom. The van der Waals surface area contributed by atoms with Crippen molar-refractivity contribution in [3.05, 3.63) is 0 Å². The first-order valence-corrected chi connectivity index (χ1v) is 10.5. The average Bonchev–Trinajstić information content (AvgIpc) is 2.46. The van der Waals surface area contributed by atoms with Crippen LogP contribution in [0.4, 0.5) is 0 Å². The van der Waals surface area contributed by atoms with Crippen LogP contribution < -0.4 is 51.4 Å². The Morgan fingerprint density at radius 2 is 1.17 bits per heavy atom. The van der Waals surface area contributed by atoms with Crippen LogP contribution in [0, 0.1) is 0 Å². The van der Waals surface area contributed by atoms with E-state index in [0.29, 0.717) is 12.8 Å². The topological polar surface area (TPSA) is 77.4 Å². The molecule has 6 heteroatoms. The van der Waals surface area contributed by atoms with Crippen molar-refractivity contribution in [3.8, 4) is 0 Å². The van der Waals surface area contributed by atoms with Crippen LogP contribution in [0.5, 0.6) is 0 Å². The molecule has 0 radical (unpaired) electrons. The molecule has 0 bridgehead atoms. The van der Waals surface area contributed by atoms with Gasteiger partial charge in [0, 0.05) is 11.9 Å². The van der Waals surface area contributed by atoms with Gasteiger partial charge in [0.25, 0.3) is 0 Å². The first-order chi connectivity index (χ1) is 10.5. The van der Waals surface area contributed by atoms with Crippen molar-refractivity contribution in [1.29, 1.82) is 0 Å². The van der Waals surface area contributed by atoms with E-state index in [4.69, 9.17) is 5.11 Å². The van der Waals surface area contributed by atoms with Crippen LogP contribution >= 0.6 is 0 Å². The first-order valence-electron chi connectivity index (χ1n) is 9.08. The Labute approximate surface area is 186 Å². The second kappa shape index (κ2) is 18.3. The number of aliphatic hydroxyl groups is 1. The first kappa shape index (κ1) is 26.7. The van der Waals surface area contributed by atoms with E-state index in [1.807, 2.05) is 0 Å². The molecule has 0 fully saturated rings. The summed E-state index contributed by atoms with van der Waals surface area (Å²) < 4.78 is 34.0. The van der Waals surface area contributed by atoms with Crippen molar-refractivity contribution in [2.45, 2.75) is 102 Å². The van der Waals surface area contributed by atoms with E-state index in [-0.39, 0.29) is 58.0 Å². The van der Waals surface area contributed by atoms with E-state index in [1.54, 1.807) is 0 Å². The zero-order chi connectivity index (χ0) is 16.7. The third kappa shape index (κ3) is 18.1. The maximum atomic E-state index is 11.3. The molecule has 0 saturated carbocycles. The smallest absolute Gasteiger partial charge is 0.748 e. The molecule has 0 aliphatic carbocycles. The van der Waals surface area contributed by atoms with Gasteiger partial charge in [-0.3, -0.25) is 0 Å². The van der Waals surface area contributed by atoms with Gasteiger partial charge >= 0.3 is 51.4 Å². The standard InChI is InChI=1S/C17H36O4S.K/c1-2-3-4-5-8-11-14-17(22(19,20)21)15-12-9-6-7-10-13-16-18;/h17-18H,2-16H2,1H3,(H,19,20,21);/q;+1/p-1. The third-order valence-electron chi connectivity index (χ3n) is 4.22. The summed E-state index contributed by atoms with van der Waals surface area (Å²) in [5.74, 6) is 0. The minimum Gasteiger partial charge on any atom is -0.748 e. The summed E-state index contributed by atoms with van der Waals surface area (Å²) in [6.07, 6.45) is 13.5. The van der Waals surface area contributed by atoms with E-state index >= 15 is 0 Å². The Morgan fingerprint density at radius 3 is 1.57 bits per heavy atom. The van der Waals surface area contributed by atoms with Crippen molar-refractivity contribution >= 4 is 10.1 Å². The van der Waals surface area contributed by atoms with Crippen molar-refractivity contribution in [1.82, 2.24) is 0 Å². The largest absolute Gasteiger partial charge is 1.00 e. The van der Waals surface area contributed by atoms with E-state index in [2.05, 4.69) is 6.92 Å². The van der Waals surface area contributed by atoms with Gasteiger partial charge in [-0.15, -0.1) is 0 Å². The normalized spacial score (nSPS) is 12.8. The summed E-state index contributed by atoms with van der Waals surface area (Å²) in [6.45, 7) is 2.42. The quantitative estimate of drug-likeness (QED) is 0.251. The molecule has 1 N–H and O–H groups in total. The van der Waals surface area contributed by atoms with E-state index in [0.717, 1.165) is 57.8 Å². The number of rotatable bonds is 16. The Bertz CT molecular complexity index is 333. The van der Waals surface area contributed by atoms with Gasteiger partial charge < -0.3 is 9.66 Å². The summed E-state index contributed by atoms with van der Waals surface area (Å²) >= 11 is 0. The molecule has 0 aromatic heterocycles. The molecule has 134 valence electrons. The molecule has 0 heterocycles. The summed E-state index contributed by atoms with van der Waals surface area (Å²) in [5, 5.41) is 8.00. The predicted molar refractivity (Wildman–Crippen MR) is 90.9 cm³/mol. The van der Waals surface area contributed by atoms with Crippen LogP contribution in [0.3, 0.4) is 0 Å². The molecular formula is C17H35KO4S. The summed E-state index contributed by atoms with van der Waals surface area (Å²) in [7, 11) is -4.15. The van der Waals surface area contributed by atoms with E-state index < -0.39 is 15.4 Å². The van der Waals surface area contributed by atoms with Crippen molar-refractivity contribution in [3.63, 3.8) is 0 Å². The zero-order valence-corrected chi connectivity index (χ0v) is 19.2. The fraction of sp³-hybridized carbons (Fsp3) is 1.00. The Balaban J connectivity index is 0. The molecule has 0 aromatic rings. The van der Waals surface area contributed by atoms with Crippen LogP contribution in [0.15, 0.2) is 0 Å². The molecule has 1 atom stereocenters. The summed E-state index contributed by atoms with van der Waals surface area (Å²) in [6, 6.07) is 0. The molecule has 0 rings (SSSR count). The van der Waals surface area contributed by atoms with Gasteiger partial charge in [-0.05, 0) is 19.3 Å². The fourth-order valence-corrected chi connectivity index (χ4v) is 3.69. The van der Waals surface area contributed by atoms with Gasteiger partial charge in [-0.1, -0.05) is 77.6 Å². The SMILES string of the molecule is CCCCCCCCC(CCCCCCCCO)S(=O)(=O)[O-].[K+]. The van der Waals surface area contributed by atoms with Gasteiger partial charge in [0.05, 0.1) is 10.1 Å². The van der Waals surface area contributed by atoms with Crippen molar-refractivity contribution in [2.75, 3.05) is 6.61 Å². The molecule has 0 aromatic carbocycles. The molecule has 0 spiro atoms. The Kier molecular flexibility index (Phi) is 21.3. The number of hydrogen-bond acceptors (Lipinski definition) is 4. The monoisotopic (exact) mass is 374 g/mol. The summed E-state index contributed by atoms with van der Waals surface area (Å²) in [4.78, 5) is 0. The van der Waals surface area contributed by atoms with Crippen LogP contribution in [-0.4, -0.2) is 29.9 Å². The maximum absolute atomic E-state index is 11.3. The predicted octanol–water partition coefficient (Wildman–Crippen LogP) is 1.38. The second-order valence-electron chi connectivity index (χ2n) is 6.30. The average molecular weight is 375 g/mol. The second-order valence-corrected chi connectivity index (χ2v) is 7.96. The molecule has 0 aliphatic rings. The van der Waals surface area contributed by atoms with Crippen LogP contribution in [0.1, 0.15) is 96.8 Å². The van der Waals surface area contributed by atoms with Gasteiger partial charge in [0.2, 0.25) is 0 Å². The Hall–Kier alpha value is 1.51. The van der Waals surface area contributed by atoms with Crippen LogP contribution in [0.25, 0.3) is 0 Å². The maximum Gasteiger partial charge on any atom is 1.00 e. The number of hydrogen-bond donors (Lipinski definition) is 1. The molecule has 23 heavy (non-hydrogen) atoms. The van der Waals surface area contributed by atoms with Gasteiger partial charge in [0.15, 0.2) is 0 Å². The van der Waals surface area contributed by atoms with Crippen LogP contribution in [0.2, 0.25) is 0 Å². The molecular weight excluding hydrogens is 339 g/mol. The van der Waals surface area contributed by atoms with Crippen LogP contribution in [-0.2, 0) is 10.1 Å². The van der Waals surface area contributed by atoms with Gasteiger partial charge in [-0.25, -0.2) is 8.42 Å². The minimum absolute atomic E-state index is 0. The molecule has 1 unspecified atom stereocenters. The van der Waals surface area contributed by atoms with E-state index in [1.165, 1.54) is 19.3 Å². The van der Waals surface area contributed by atoms with E-state index in [9.17, 15) is 13.0 Å². The third-order valence-corrected chi connectivity index (χ3v) is 5.51.